The van der Waals surface area contributed by atoms with Gasteiger partial charge in [-0.1, -0.05) is 30.3 Å². The van der Waals surface area contributed by atoms with E-state index in [9.17, 15) is 9.59 Å². The van der Waals surface area contributed by atoms with Gasteiger partial charge < -0.3 is 10.4 Å². The van der Waals surface area contributed by atoms with Crippen LogP contribution in [0.1, 0.15) is 53.1 Å². The van der Waals surface area contributed by atoms with Gasteiger partial charge in [0, 0.05) is 12.1 Å². The highest BCUT2D eigenvalue weighted by atomic mass is 16.4. The van der Waals surface area contributed by atoms with Gasteiger partial charge in [-0.3, -0.25) is 9.59 Å². The van der Waals surface area contributed by atoms with Crippen LogP contribution >= 0.6 is 0 Å². The van der Waals surface area contributed by atoms with Crippen molar-refractivity contribution >= 4 is 11.9 Å². The first-order valence-corrected chi connectivity index (χ1v) is 7.54. The summed E-state index contributed by atoms with van der Waals surface area (Å²) in [6, 6.07) is 10.0. The van der Waals surface area contributed by atoms with Crippen molar-refractivity contribution in [2.75, 3.05) is 0 Å². The number of aromatic nitrogens is 2. The van der Waals surface area contributed by atoms with Gasteiger partial charge in [0.1, 0.15) is 11.5 Å². The molecule has 1 saturated carbocycles. The molecule has 0 aliphatic heterocycles. The lowest BCUT2D eigenvalue weighted by molar-refractivity contribution is -0.137. The number of amides is 1. The number of rotatable bonds is 6. The van der Waals surface area contributed by atoms with E-state index in [1.54, 1.807) is 24.4 Å². The van der Waals surface area contributed by atoms with Crippen LogP contribution in [0.2, 0.25) is 0 Å². The molecule has 0 bridgehead atoms. The lowest BCUT2D eigenvalue weighted by Crippen LogP contribution is -2.31. The maximum absolute atomic E-state index is 12.4. The average Bonchev–Trinajstić information content (AvgIpc) is 3.40. The third-order valence-corrected chi connectivity index (χ3v) is 3.74. The second-order valence-electron chi connectivity index (χ2n) is 5.61. The van der Waals surface area contributed by atoms with Crippen LogP contribution < -0.4 is 5.32 Å². The molecule has 1 aromatic heterocycles. The lowest BCUT2D eigenvalue weighted by atomic mass is 10.0. The second kappa shape index (κ2) is 6.56. The first-order chi connectivity index (χ1) is 11.1. The van der Waals surface area contributed by atoms with Gasteiger partial charge in [0.2, 0.25) is 0 Å². The summed E-state index contributed by atoms with van der Waals surface area (Å²) in [4.78, 5) is 32.0. The van der Waals surface area contributed by atoms with E-state index in [2.05, 4.69) is 15.3 Å². The number of aliphatic carboxylic acids is 1. The van der Waals surface area contributed by atoms with Crippen LogP contribution in [0, 0.1) is 0 Å². The Kier molecular flexibility index (Phi) is 4.32. The quantitative estimate of drug-likeness (QED) is 0.854. The molecular weight excluding hydrogens is 294 g/mol. The van der Waals surface area contributed by atoms with E-state index in [-0.39, 0.29) is 18.0 Å². The van der Waals surface area contributed by atoms with Crippen molar-refractivity contribution in [1.29, 1.82) is 0 Å². The van der Waals surface area contributed by atoms with Gasteiger partial charge in [0.15, 0.2) is 0 Å². The van der Waals surface area contributed by atoms with E-state index in [1.807, 2.05) is 18.2 Å². The van der Waals surface area contributed by atoms with Crippen LogP contribution in [0.25, 0.3) is 0 Å². The predicted octanol–water partition coefficient (Wildman–Crippen LogP) is 2.30. The van der Waals surface area contributed by atoms with Gasteiger partial charge in [0.25, 0.3) is 5.91 Å². The van der Waals surface area contributed by atoms with Crippen molar-refractivity contribution in [3.8, 4) is 0 Å². The molecular formula is C17H17N3O3. The zero-order valence-electron chi connectivity index (χ0n) is 12.5. The lowest BCUT2D eigenvalue weighted by Gasteiger charge is -2.17. The highest BCUT2D eigenvalue weighted by Crippen LogP contribution is 2.37. The number of hydrogen-bond acceptors (Lipinski definition) is 4. The topological polar surface area (TPSA) is 92.2 Å². The van der Waals surface area contributed by atoms with Crippen LogP contribution in [-0.4, -0.2) is 27.0 Å². The molecule has 1 heterocycles. The SMILES string of the molecule is O=C(O)CC(NC(=O)c1ccnc(C2CC2)n1)c1ccccc1. The van der Waals surface area contributed by atoms with Crippen LogP contribution in [0.5, 0.6) is 0 Å². The minimum absolute atomic E-state index is 0.184. The fourth-order valence-electron chi connectivity index (χ4n) is 2.38. The fourth-order valence-corrected chi connectivity index (χ4v) is 2.38. The van der Waals surface area contributed by atoms with Gasteiger partial charge in [-0.15, -0.1) is 0 Å². The Balaban J connectivity index is 1.77. The normalized spacial score (nSPS) is 15.0. The number of carboxylic acid groups (broad SMARTS) is 1. The molecule has 1 fully saturated rings. The summed E-state index contributed by atoms with van der Waals surface area (Å²) in [7, 11) is 0. The number of nitrogens with one attached hydrogen (secondary N) is 1. The van der Waals surface area contributed by atoms with E-state index in [4.69, 9.17) is 5.11 Å². The predicted molar refractivity (Wildman–Crippen MR) is 82.9 cm³/mol. The summed E-state index contributed by atoms with van der Waals surface area (Å²) < 4.78 is 0. The first kappa shape index (κ1) is 15.1. The number of hydrogen-bond donors (Lipinski definition) is 2. The third kappa shape index (κ3) is 3.91. The summed E-state index contributed by atoms with van der Waals surface area (Å²) >= 11 is 0. The Morgan fingerprint density at radius 2 is 1.96 bits per heavy atom. The molecule has 1 aromatic carbocycles. The molecule has 23 heavy (non-hydrogen) atoms. The summed E-state index contributed by atoms with van der Waals surface area (Å²) in [5, 5.41) is 11.8. The Labute approximate surface area is 133 Å². The third-order valence-electron chi connectivity index (χ3n) is 3.74. The molecule has 6 nitrogen and oxygen atoms in total. The van der Waals surface area contributed by atoms with E-state index < -0.39 is 12.0 Å². The molecule has 1 amide bonds. The summed E-state index contributed by atoms with van der Waals surface area (Å²) in [5.41, 5.74) is 1.02. The van der Waals surface area contributed by atoms with Gasteiger partial charge >= 0.3 is 5.97 Å². The molecule has 0 radical (unpaired) electrons. The maximum Gasteiger partial charge on any atom is 0.305 e. The minimum Gasteiger partial charge on any atom is -0.481 e. The molecule has 118 valence electrons. The Bertz CT molecular complexity index is 714. The average molecular weight is 311 g/mol. The van der Waals surface area contributed by atoms with Crippen molar-refractivity contribution in [2.24, 2.45) is 0 Å². The van der Waals surface area contributed by atoms with Crippen molar-refractivity contribution < 1.29 is 14.7 Å². The van der Waals surface area contributed by atoms with Crippen LogP contribution in [0.4, 0.5) is 0 Å². The minimum atomic E-state index is -0.972. The molecule has 2 N–H and O–H groups in total. The van der Waals surface area contributed by atoms with E-state index >= 15 is 0 Å². The van der Waals surface area contributed by atoms with Gasteiger partial charge in [-0.05, 0) is 24.5 Å². The highest BCUT2D eigenvalue weighted by Gasteiger charge is 2.27. The molecule has 6 heteroatoms. The van der Waals surface area contributed by atoms with E-state index in [1.165, 1.54) is 0 Å². The summed E-state index contributed by atoms with van der Waals surface area (Å²) in [6.07, 6.45) is 3.49. The van der Waals surface area contributed by atoms with E-state index in [0.29, 0.717) is 11.7 Å². The fraction of sp³-hybridized carbons (Fsp3) is 0.294. The smallest absolute Gasteiger partial charge is 0.305 e. The van der Waals surface area contributed by atoms with Crippen molar-refractivity contribution in [2.45, 2.75) is 31.2 Å². The monoisotopic (exact) mass is 311 g/mol. The molecule has 1 unspecified atom stereocenters. The van der Waals surface area contributed by atoms with Crippen LogP contribution in [0.15, 0.2) is 42.6 Å². The Morgan fingerprint density at radius 1 is 1.22 bits per heavy atom. The first-order valence-electron chi connectivity index (χ1n) is 7.54. The van der Waals surface area contributed by atoms with Crippen LogP contribution in [-0.2, 0) is 4.79 Å². The van der Waals surface area contributed by atoms with Crippen molar-refractivity contribution in [3.63, 3.8) is 0 Å². The van der Waals surface area contributed by atoms with Gasteiger partial charge in [0.05, 0.1) is 12.5 Å². The van der Waals surface area contributed by atoms with Gasteiger partial charge in [-0.2, -0.15) is 0 Å². The highest BCUT2D eigenvalue weighted by molar-refractivity contribution is 5.92. The summed E-state index contributed by atoms with van der Waals surface area (Å²) in [5.74, 6) is -0.316. The second-order valence-corrected chi connectivity index (χ2v) is 5.61. The Morgan fingerprint density at radius 3 is 2.61 bits per heavy atom. The maximum atomic E-state index is 12.4. The molecule has 0 saturated heterocycles. The number of carboxylic acids is 1. The van der Waals surface area contributed by atoms with Crippen molar-refractivity contribution in [3.05, 3.63) is 59.7 Å². The number of carbonyl (C=O) groups excluding carboxylic acids is 1. The van der Waals surface area contributed by atoms with Gasteiger partial charge in [-0.25, -0.2) is 9.97 Å². The zero-order valence-corrected chi connectivity index (χ0v) is 12.5. The molecule has 1 aliphatic rings. The Hall–Kier alpha value is -2.76. The standard InChI is InChI=1S/C17H17N3O3/c21-15(22)10-14(11-4-2-1-3-5-11)20-17(23)13-8-9-18-16(19-13)12-6-7-12/h1-5,8-9,12,14H,6-7,10H2,(H,20,23)(H,21,22). The van der Waals surface area contributed by atoms with E-state index in [0.717, 1.165) is 18.4 Å². The molecule has 0 spiro atoms. The largest absolute Gasteiger partial charge is 0.481 e. The number of nitrogens with zero attached hydrogens (tertiary/aromatic N) is 2. The molecule has 1 atom stereocenters. The number of benzene rings is 1. The van der Waals surface area contributed by atoms with Crippen LogP contribution in [0.3, 0.4) is 0 Å². The number of carbonyl (C=O) groups is 2. The molecule has 3 rings (SSSR count). The van der Waals surface area contributed by atoms with Crippen molar-refractivity contribution in [1.82, 2.24) is 15.3 Å². The zero-order chi connectivity index (χ0) is 16.2. The summed E-state index contributed by atoms with van der Waals surface area (Å²) in [6.45, 7) is 0. The molecule has 1 aliphatic carbocycles. The molecule has 2 aromatic rings.